The molecule has 2 heterocycles. The summed E-state index contributed by atoms with van der Waals surface area (Å²) in [5.74, 6) is -0.314. The molecule has 0 saturated heterocycles. The first kappa shape index (κ1) is 16.8. The number of fused-ring (bicyclic) bond motifs is 3. The van der Waals surface area contributed by atoms with Crippen molar-refractivity contribution in [3.8, 4) is 5.75 Å². The van der Waals surface area contributed by atoms with Crippen LogP contribution in [0.3, 0.4) is 0 Å². The molecule has 136 valence electrons. The highest BCUT2D eigenvalue weighted by atomic mass is 17.2. The number of benzene rings is 2. The van der Waals surface area contributed by atoms with Crippen molar-refractivity contribution in [2.45, 2.75) is 12.8 Å². The Morgan fingerprint density at radius 2 is 1.67 bits per heavy atom. The molecule has 0 fully saturated rings. The Hall–Kier alpha value is -3.61. The highest BCUT2D eigenvalue weighted by molar-refractivity contribution is 6.16. The fraction of sp³-hybridized carbons (Fsp3) is 0.150. The molecule has 1 N–H and O–H groups in total. The summed E-state index contributed by atoms with van der Waals surface area (Å²) in [5.41, 5.74) is 6.08. The quantitative estimate of drug-likeness (QED) is 0.662. The van der Waals surface area contributed by atoms with Crippen LogP contribution in [-0.2, 0) is 25.8 Å². The topological polar surface area (TPSA) is 86.2 Å². The van der Waals surface area contributed by atoms with E-state index in [9.17, 15) is 9.59 Å². The highest BCUT2D eigenvalue weighted by Gasteiger charge is 2.30. The van der Waals surface area contributed by atoms with E-state index in [1.807, 2.05) is 36.4 Å². The molecule has 0 saturated carbocycles. The number of ether oxygens (including phenoxy) is 1. The van der Waals surface area contributed by atoms with E-state index < -0.39 is 11.9 Å². The molecule has 2 aromatic rings. The molecule has 0 aliphatic carbocycles. The lowest BCUT2D eigenvalue weighted by atomic mass is 9.98. The maximum absolute atomic E-state index is 12.1. The van der Waals surface area contributed by atoms with Crippen molar-refractivity contribution >= 4 is 17.7 Å². The average Bonchev–Trinajstić information content (AvgIpc) is 3.18. The van der Waals surface area contributed by atoms with Crippen LogP contribution in [0.4, 0.5) is 0 Å². The molecule has 0 unspecified atom stereocenters. The van der Waals surface area contributed by atoms with Gasteiger partial charge >= 0.3 is 11.9 Å². The first-order chi connectivity index (χ1) is 13.2. The van der Waals surface area contributed by atoms with Crippen molar-refractivity contribution in [1.29, 1.82) is 0 Å². The van der Waals surface area contributed by atoms with Crippen molar-refractivity contribution in [1.82, 2.24) is 5.43 Å². The van der Waals surface area contributed by atoms with Gasteiger partial charge in [0.05, 0.1) is 13.0 Å². The number of rotatable bonds is 4. The van der Waals surface area contributed by atoms with Crippen LogP contribution in [0.2, 0.25) is 0 Å². The standard InChI is InChI=1S/C20H16N2O5/c23-18(10-13-6-2-1-3-7-13)26-27-19(24)11-17-15-12-21-22-20(15)14-8-4-5-9-16(14)25-17/h1-9,21H,10-12H2. The van der Waals surface area contributed by atoms with Gasteiger partial charge in [-0.25, -0.2) is 19.4 Å². The minimum Gasteiger partial charge on any atom is -0.460 e. The van der Waals surface area contributed by atoms with E-state index in [0.717, 1.165) is 22.4 Å². The van der Waals surface area contributed by atoms with Gasteiger partial charge in [0.1, 0.15) is 23.6 Å². The van der Waals surface area contributed by atoms with Crippen molar-refractivity contribution in [2.75, 3.05) is 6.54 Å². The summed E-state index contributed by atoms with van der Waals surface area (Å²) in [4.78, 5) is 33.1. The van der Waals surface area contributed by atoms with Gasteiger partial charge < -0.3 is 10.2 Å². The van der Waals surface area contributed by atoms with Crippen molar-refractivity contribution < 1.29 is 24.1 Å². The SMILES string of the molecule is O=C(CC1=C2CNN=C2c2ccccc2O1)OOC(=O)Cc1ccccc1. The fourth-order valence-corrected chi connectivity index (χ4v) is 2.94. The van der Waals surface area contributed by atoms with Crippen molar-refractivity contribution in [3.05, 3.63) is 77.1 Å². The lowest BCUT2D eigenvalue weighted by Crippen LogP contribution is -2.21. The zero-order valence-electron chi connectivity index (χ0n) is 14.3. The Kier molecular flexibility index (Phi) is 4.57. The summed E-state index contributed by atoms with van der Waals surface area (Å²) >= 11 is 0. The smallest absolute Gasteiger partial charge is 0.363 e. The number of para-hydroxylation sites is 1. The van der Waals surface area contributed by atoms with E-state index in [4.69, 9.17) is 4.74 Å². The van der Waals surface area contributed by atoms with E-state index in [1.165, 1.54) is 0 Å². The average molecular weight is 364 g/mol. The summed E-state index contributed by atoms with van der Waals surface area (Å²) in [6.45, 7) is 0.458. The lowest BCUT2D eigenvalue weighted by Gasteiger charge is -2.20. The van der Waals surface area contributed by atoms with Crippen LogP contribution in [0.1, 0.15) is 17.5 Å². The monoisotopic (exact) mass is 364 g/mol. The van der Waals surface area contributed by atoms with Crippen LogP contribution in [0.5, 0.6) is 5.75 Å². The largest absolute Gasteiger partial charge is 0.460 e. The van der Waals surface area contributed by atoms with Gasteiger partial charge in [-0.05, 0) is 17.7 Å². The third kappa shape index (κ3) is 3.67. The Labute approximate surface area is 155 Å². The molecule has 2 aliphatic rings. The van der Waals surface area contributed by atoms with Gasteiger partial charge in [-0.2, -0.15) is 5.10 Å². The highest BCUT2D eigenvalue weighted by Crippen LogP contribution is 2.33. The Bertz CT molecular complexity index is 950. The molecule has 7 heteroatoms. The van der Waals surface area contributed by atoms with Crippen LogP contribution in [0.15, 0.2) is 71.0 Å². The number of hydrogen-bond acceptors (Lipinski definition) is 7. The first-order valence-corrected chi connectivity index (χ1v) is 8.45. The number of nitrogens with zero attached hydrogens (tertiary/aromatic N) is 1. The second kappa shape index (κ2) is 7.33. The van der Waals surface area contributed by atoms with Gasteiger partial charge in [0.15, 0.2) is 0 Å². The summed E-state index contributed by atoms with van der Waals surface area (Å²) in [6.07, 6.45) is -0.143. The van der Waals surface area contributed by atoms with Gasteiger partial charge in [0.2, 0.25) is 0 Å². The molecule has 0 bridgehead atoms. The maximum Gasteiger partial charge on any atom is 0.363 e. The molecule has 0 aromatic heterocycles. The van der Waals surface area contributed by atoms with E-state index in [0.29, 0.717) is 18.1 Å². The van der Waals surface area contributed by atoms with Crippen LogP contribution in [0, 0.1) is 0 Å². The normalized spacial score (nSPS) is 14.3. The minimum atomic E-state index is -0.718. The predicted octanol–water partition coefficient (Wildman–Crippen LogP) is 2.27. The zero-order valence-corrected chi connectivity index (χ0v) is 14.3. The molecular formula is C20H16N2O5. The van der Waals surface area contributed by atoms with Crippen molar-refractivity contribution in [2.24, 2.45) is 5.10 Å². The molecular weight excluding hydrogens is 348 g/mol. The number of hydrogen-bond donors (Lipinski definition) is 1. The van der Waals surface area contributed by atoms with Gasteiger partial charge in [-0.1, -0.05) is 42.5 Å². The van der Waals surface area contributed by atoms with Gasteiger partial charge in [0.25, 0.3) is 0 Å². The molecule has 2 aliphatic heterocycles. The van der Waals surface area contributed by atoms with Crippen molar-refractivity contribution in [3.63, 3.8) is 0 Å². The number of hydrazone groups is 1. The third-order valence-electron chi connectivity index (χ3n) is 4.17. The van der Waals surface area contributed by atoms with E-state index in [-0.39, 0.29) is 12.8 Å². The van der Waals surface area contributed by atoms with Crippen LogP contribution < -0.4 is 10.2 Å². The second-order valence-electron chi connectivity index (χ2n) is 6.05. The zero-order chi connectivity index (χ0) is 18.6. The molecule has 27 heavy (non-hydrogen) atoms. The van der Waals surface area contributed by atoms with E-state index >= 15 is 0 Å². The predicted molar refractivity (Wildman–Crippen MR) is 95.6 cm³/mol. The fourth-order valence-electron chi connectivity index (χ4n) is 2.94. The number of carbonyl (C=O) groups is 2. The Balaban J connectivity index is 1.37. The summed E-state index contributed by atoms with van der Waals surface area (Å²) < 4.78 is 5.84. The molecule has 7 nitrogen and oxygen atoms in total. The molecule has 0 amide bonds. The van der Waals surface area contributed by atoms with Gasteiger partial charge in [0, 0.05) is 11.1 Å². The van der Waals surface area contributed by atoms with E-state index in [1.54, 1.807) is 18.2 Å². The minimum absolute atomic E-state index is 0.0205. The van der Waals surface area contributed by atoms with Crippen LogP contribution in [0.25, 0.3) is 0 Å². The first-order valence-electron chi connectivity index (χ1n) is 8.45. The third-order valence-corrected chi connectivity index (χ3v) is 4.17. The molecule has 2 aromatic carbocycles. The van der Waals surface area contributed by atoms with Gasteiger partial charge in [-0.15, -0.1) is 0 Å². The number of nitrogens with one attached hydrogen (secondary N) is 1. The molecule has 0 atom stereocenters. The molecule has 0 spiro atoms. The Morgan fingerprint density at radius 1 is 0.963 bits per heavy atom. The summed E-state index contributed by atoms with van der Waals surface area (Å²) in [6, 6.07) is 16.5. The summed E-state index contributed by atoms with van der Waals surface area (Å²) in [7, 11) is 0. The molecule has 4 rings (SSSR count). The number of carbonyl (C=O) groups excluding carboxylic acids is 2. The summed E-state index contributed by atoms with van der Waals surface area (Å²) in [5, 5.41) is 4.27. The van der Waals surface area contributed by atoms with Crippen LogP contribution >= 0.6 is 0 Å². The molecule has 0 radical (unpaired) electrons. The second-order valence-corrected chi connectivity index (χ2v) is 6.05. The van der Waals surface area contributed by atoms with Gasteiger partial charge in [-0.3, -0.25) is 0 Å². The van der Waals surface area contributed by atoms with Crippen LogP contribution in [-0.4, -0.2) is 24.2 Å². The van der Waals surface area contributed by atoms with E-state index in [2.05, 4.69) is 20.3 Å². The Morgan fingerprint density at radius 3 is 2.48 bits per heavy atom. The lowest BCUT2D eigenvalue weighted by molar-refractivity contribution is -0.258. The maximum atomic E-state index is 12.1.